The molecule has 0 spiro atoms. The molecule has 0 radical (unpaired) electrons. The van der Waals surface area contributed by atoms with Crippen LogP contribution >= 0.6 is 0 Å². The molecular weight excluding hydrogens is 338 g/mol. The minimum atomic E-state index is 0.290. The standard InChI is InChI=1S/C27H47N/c1-9-11-12-15-25(4,5)24(19-22-18-21(22)3)27(7,23-13-14-23)17-16-26(6,10-2)20-28-8/h11-12,18-19,23-24,28H,9-10,13-17,20H2,1-8H3. The minimum Gasteiger partial charge on any atom is -0.319 e. The fourth-order valence-corrected chi connectivity index (χ4v) is 5.29. The molecule has 0 bridgehead atoms. The summed E-state index contributed by atoms with van der Waals surface area (Å²) in [7, 11) is 2.10. The second-order valence-corrected chi connectivity index (χ2v) is 11.0. The van der Waals surface area contributed by atoms with E-state index in [0.717, 1.165) is 18.9 Å². The number of hydrogen-bond acceptors (Lipinski definition) is 1. The van der Waals surface area contributed by atoms with Gasteiger partial charge in [-0.1, -0.05) is 65.8 Å². The summed E-state index contributed by atoms with van der Waals surface area (Å²) >= 11 is 0. The molecular formula is C27H47N. The van der Waals surface area contributed by atoms with Gasteiger partial charge in [-0.15, -0.1) is 0 Å². The first kappa shape index (κ1) is 23.5. The van der Waals surface area contributed by atoms with Crippen LogP contribution in [0.15, 0.2) is 35.5 Å². The van der Waals surface area contributed by atoms with E-state index in [4.69, 9.17) is 0 Å². The monoisotopic (exact) mass is 385 g/mol. The van der Waals surface area contributed by atoms with Crippen LogP contribution in [-0.2, 0) is 0 Å². The minimum absolute atomic E-state index is 0.290. The Balaban J connectivity index is 2.29. The molecule has 0 aromatic carbocycles. The predicted molar refractivity (Wildman–Crippen MR) is 126 cm³/mol. The summed E-state index contributed by atoms with van der Waals surface area (Å²) in [5.74, 6) is 1.53. The fraction of sp³-hybridized carbons (Fsp3) is 0.778. The first-order chi connectivity index (χ1) is 13.1. The third-order valence-electron chi connectivity index (χ3n) is 7.92. The smallest absolute Gasteiger partial charge is 0.000206 e. The summed E-state index contributed by atoms with van der Waals surface area (Å²) < 4.78 is 0. The third kappa shape index (κ3) is 5.85. The number of nitrogens with one attached hydrogen (secondary N) is 1. The Kier molecular flexibility index (Phi) is 7.82. The molecule has 0 aromatic heterocycles. The highest BCUT2D eigenvalue weighted by atomic mass is 14.8. The zero-order chi connectivity index (χ0) is 21.0. The van der Waals surface area contributed by atoms with E-state index >= 15 is 0 Å². The molecule has 0 aromatic rings. The second kappa shape index (κ2) is 9.33. The lowest BCUT2D eigenvalue weighted by Gasteiger charge is -2.47. The summed E-state index contributed by atoms with van der Waals surface area (Å²) in [5.41, 5.74) is 4.12. The van der Waals surface area contributed by atoms with Crippen LogP contribution in [-0.4, -0.2) is 13.6 Å². The predicted octanol–water partition coefficient (Wildman–Crippen LogP) is 7.70. The summed E-state index contributed by atoms with van der Waals surface area (Å²) in [6.45, 7) is 18.1. The van der Waals surface area contributed by atoms with Crippen LogP contribution < -0.4 is 5.32 Å². The highest BCUT2D eigenvalue weighted by Gasteiger charge is 2.51. The molecule has 160 valence electrons. The van der Waals surface area contributed by atoms with Gasteiger partial charge < -0.3 is 5.32 Å². The lowest BCUT2D eigenvalue weighted by atomic mass is 9.57. The van der Waals surface area contributed by atoms with Crippen LogP contribution in [0.5, 0.6) is 0 Å². The Morgan fingerprint density at radius 3 is 2.21 bits per heavy atom. The SMILES string of the molecule is CCC=CCC(C)(C)C(C=C1C=C1C)C(C)(CCC(C)(CC)CNC)C1CC1. The van der Waals surface area contributed by atoms with Gasteiger partial charge in [-0.25, -0.2) is 0 Å². The van der Waals surface area contributed by atoms with Crippen molar-refractivity contribution in [3.8, 4) is 0 Å². The molecule has 1 fully saturated rings. The van der Waals surface area contributed by atoms with Crippen LogP contribution in [0.25, 0.3) is 0 Å². The molecule has 3 atom stereocenters. The van der Waals surface area contributed by atoms with Gasteiger partial charge in [0.25, 0.3) is 0 Å². The second-order valence-electron chi connectivity index (χ2n) is 11.0. The van der Waals surface area contributed by atoms with Gasteiger partial charge in [-0.2, -0.15) is 0 Å². The number of rotatable bonds is 13. The molecule has 1 N–H and O–H groups in total. The van der Waals surface area contributed by atoms with Crippen molar-refractivity contribution in [3.63, 3.8) is 0 Å². The van der Waals surface area contributed by atoms with E-state index in [1.165, 1.54) is 49.7 Å². The Hall–Kier alpha value is -0.820. The van der Waals surface area contributed by atoms with Crippen molar-refractivity contribution >= 4 is 0 Å². The van der Waals surface area contributed by atoms with Crippen LogP contribution in [0.3, 0.4) is 0 Å². The van der Waals surface area contributed by atoms with Crippen LogP contribution in [0.1, 0.15) is 93.4 Å². The highest BCUT2D eigenvalue weighted by molar-refractivity contribution is 5.56. The topological polar surface area (TPSA) is 12.0 Å². The van der Waals surface area contributed by atoms with Gasteiger partial charge in [0, 0.05) is 6.54 Å². The Morgan fingerprint density at radius 1 is 1.11 bits per heavy atom. The summed E-state index contributed by atoms with van der Waals surface area (Å²) in [4.78, 5) is 0. The summed E-state index contributed by atoms with van der Waals surface area (Å²) in [6.07, 6.45) is 18.9. The molecule has 0 saturated heterocycles. The van der Waals surface area contributed by atoms with Crippen molar-refractivity contribution in [1.29, 1.82) is 0 Å². The lowest BCUT2D eigenvalue weighted by Crippen LogP contribution is -2.40. The first-order valence-corrected chi connectivity index (χ1v) is 11.8. The van der Waals surface area contributed by atoms with E-state index in [1.54, 1.807) is 0 Å². The van der Waals surface area contributed by atoms with Gasteiger partial charge in [0.05, 0.1) is 0 Å². The summed E-state index contributed by atoms with van der Waals surface area (Å²) in [6, 6.07) is 0. The maximum Gasteiger partial charge on any atom is 0.000206 e. The van der Waals surface area contributed by atoms with Crippen LogP contribution in [0, 0.1) is 28.1 Å². The van der Waals surface area contributed by atoms with E-state index < -0.39 is 0 Å². The molecule has 2 rings (SSSR count). The van der Waals surface area contributed by atoms with Gasteiger partial charge in [-0.05, 0) is 98.1 Å². The average molecular weight is 386 g/mol. The van der Waals surface area contributed by atoms with E-state index in [0.29, 0.717) is 22.2 Å². The van der Waals surface area contributed by atoms with E-state index in [-0.39, 0.29) is 0 Å². The third-order valence-corrected chi connectivity index (χ3v) is 7.92. The van der Waals surface area contributed by atoms with Gasteiger partial charge in [0.2, 0.25) is 0 Å². The quantitative estimate of drug-likeness (QED) is 0.320. The molecule has 0 amide bonds. The van der Waals surface area contributed by atoms with Crippen molar-refractivity contribution in [2.24, 2.45) is 28.1 Å². The Bertz CT molecular complexity index is 604. The zero-order valence-electron chi connectivity index (χ0n) is 20.1. The Morgan fingerprint density at radius 2 is 1.75 bits per heavy atom. The maximum absolute atomic E-state index is 3.45. The number of allylic oxidation sites excluding steroid dienone is 6. The van der Waals surface area contributed by atoms with E-state index in [9.17, 15) is 0 Å². The molecule has 3 unspecified atom stereocenters. The molecule has 2 aliphatic rings. The van der Waals surface area contributed by atoms with E-state index in [1.807, 2.05) is 0 Å². The van der Waals surface area contributed by atoms with Gasteiger partial charge in [-0.3, -0.25) is 0 Å². The zero-order valence-corrected chi connectivity index (χ0v) is 20.1. The fourth-order valence-electron chi connectivity index (χ4n) is 5.29. The van der Waals surface area contributed by atoms with Crippen molar-refractivity contribution in [2.75, 3.05) is 13.6 Å². The molecule has 28 heavy (non-hydrogen) atoms. The van der Waals surface area contributed by atoms with Crippen LogP contribution in [0.4, 0.5) is 0 Å². The van der Waals surface area contributed by atoms with Crippen molar-refractivity contribution < 1.29 is 0 Å². The average Bonchev–Trinajstić information content (AvgIpc) is 3.55. The summed E-state index contributed by atoms with van der Waals surface area (Å²) in [5, 5.41) is 3.45. The van der Waals surface area contributed by atoms with Gasteiger partial charge >= 0.3 is 0 Å². The van der Waals surface area contributed by atoms with E-state index in [2.05, 4.69) is 85.1 Å². The van der Waals surface area contributed by atoms with Crippen LogP contribution in [0.2, 0.25) is 0 Å². The Labute approximate surface area is 176 Å². The molecule has 1 saturated carbocycles. The molecule has 0 aliphatic heterocycles. The van der Waals surface area contributed by atoms with Gasteiger partial charge in [0.1, 0.15) is 0 Å². The van der Waals surface area contributed by atoms with Crippen molar-refractivity contribution in [1.82, 2.24) is 5.32 Å². The van der Waals surface area contributed by atoms with Gasteiger partial charge in [0.15, 0.2) is 0 Å². The molecule has 2 aliphatic carbocycles. The first-order valence-electron chi connectivity index (χ1n) is 11.8. The molecule has 0 heterocycles. The molecule has 1 heteroatoms. The highest BCUT2D eigenvalue weighted by Crippen LogP contribution is 2.59. The molecule has 1 nitrogen and oxygen atoms in total. The normalized spacial score (nSPS) is 24.1. The number of hydrogen-bond donors (Lipinski definition) is 1. The largest absolute Gasteiger partial charge is 0.319 e. The maximum atomic E-state index is 3.45. The lowest BCUT2D eigenvalue weighted by molar-refractivity contribution is 0.0525. The van der Waals surface area contributed by atoms with Crippen molar-refractivity contribution in [3.05, 3.63) is 35.5 Å². The van der Waals surface area contributed by atoms with Crippen molar-refractivity contribution in [2.45, 2.75) is 93.4 Å².